The summed E-state index contributed by atoms with van der Waals surface area (Å²) in [4.78, 5) is 13.6. The minimum Gasteiger partial charge on any atom is -0.394 e. The molecule has 482 valence electrons. The molecule has 4 aliphatic heterocycles. The second kappa shape index (κ2) is 40.8. The van der Waals surface area contributed by atoms with Crippen LogP contribution in [0.3, 0.4) is 0 Å². The Labute approximate surface area is 488 Å². The number of aliphatic hydroxyl groups excluding tert-OH is 11. The maximum absolute atomic E-state index is 13.6. The van der Waals surface area contributed by atoms with Crippen LogP contribution in [0.1, 0.15) is 201 Å². The van der Waals surface area contributed by atoms with Crippen LogP contribution in [-0.2, 0) is 42.7 Å². The topological polar surface area (TPSA) is 351 Å². The van der Waals surface area contributed by atoms with Crippen molar-refractivity contribution in [3.05, 3.63) is 12.2 Å². The van der Waals surface area contributed by atoms with Crippen molar-refractivity contribution < 1.29 is 98.9 Å². The molecule has 0 saturated carbocycles. The first kappa shape index (κ1) is 72.9. The molecule has 14 unspecified atom stereocenters. The van der Waals surface area contributed by atoms with Crippen LogP contribution in [0.25, 0.3) is 0 Å². The molecule has 22 heteroatoms. The Kier molecular flexibility index (Phi) is 36.3. The van der Waals surface area contributed by atoms with Crippen molar-refractivity contribution in [3.8, 4) is 0 Å². The van der Waals surface area contributed by atoms with Crippen molar-refractivity contribution >= 4 is 5.91 Å². The van der Waals surface area contributed by atoms with E-state index < -0.39 is 148 Å². The van der Waals surface area contributed by atoms with Gasteiger partial charge in [0.05, 0.1) is 56.3 Å². The van der Waals surface area contributed by atoms with Crippen molar-refractivity contribution in [3.63, 3.8) is 0 Å². The van der Waals surface area contributed by atoms with Crippen molar-refractivity contribution in [2.45, 2.75) is 336 Å². The first-order valence-electron chi connectivity index (χ1n) is 31.7. The van der Waals surface area contributed by atoms with E-state index in [2.05, 4.69) is 19.2 Å². The number of carbonyl (C=O) groups excluding carboxylic acids is 1. The van der Waals surface area contributed by atoms with Gasteiger partial charge in [0.2, 0.25) is 5.91 Å². The second-order valence-corrected chi connectivity index (χ2v) is 23.6. The number of nitrogens with two attached hydrogens (primary N) is 1. The Hall–Kier alpha value is -1.59. The summed E-state index contributed by atoms with van der Waals surface area (Å²) in [6.45, 7) is 5.27. The van der Waals surface area contributed by atoms with Gasteiger partial charge in [0, 0.05) is 13.0 Å². The van der Waals surface area contributed by atoms with Gasteiger partial charge in [-0.1, -0.05) is 167 Å². The van der Waals surface area contributed by atoms with E-state index in [4.69, 9.17) is 43.6 Å². The largest absolute Gasteiger partial charge is 0.394 e. The number of amides is 1. The van der Waals surface area contributed by atoms with Crippen molar-refractivity contribution in [1.82, 2.24) is 5.32 Å². The predicted octanol–water partition coefficient (Wildman–Crippen LogP) is 3.31. The van der Waals surface area contributed by atoms with Crippen LogP contribution in [0.5, 0.6) is 0 Å². The maximum Gasteiger partial charge on any atom is 0.220 e. The molecule has 0 radical (unpaired) electrons. The molecule has 4 heterocycles. The number of hydrogen-bond donors (Lipinski definition) is 13. The molecule has 0 aromatic heterocycles. The monoisotopic (exact) mass is 1180 g/mol. The molecular weight excluding hydrogens is 1070 g/mol. The number of hydrogen-bond acceptors (Lipinski definition) is 21. The fourth-order valence-electron chi connectivity index (χ4n) is 11.3. The van der Waals surface area contributed by atoms with E-state index in [9.17, 15) is 61.0 Å². The van der Waals surface area contributed by atoms with E-state index in [1.807, 2.05) is 6.08 Å². The molecule has 22 atom stereocenters. The van der Waals surface area contributed by atoms with E-state index in [-0.39, 0.29) is 32.0 Å². The summed E-state index contributed by atoms with van der Waals surface area (Å²) < 4.78 is 48.8. The summed E-state index contributed by atoms with van der Waals surface area (Å²) >= 11 is 0. The van der Waals surface area contributed by atoms with Gasteiger partial charge in [0.1, 0.15) is 79.4 Å². The van der Waals surface area contributed by atoms with Gasteiger partial charge in [-0.15, -0.1) is 0 Å². The second-order valence-electron chi connectivity index (χ2n) is 23.6. The van der Waals surface area contributed by atoms with Gasteiger partial charge in [0.15, 0.2) is 18.9 Å². The maximum atomic E-state index is 13.6. The minimum absolute atomic E-state index is 0.0566. The predicted molar refractivity (Wildman–Crippen MR) is 305 cm³/mol. The lowest BCUT2D eigenvalue weighted by molar-refractivity contribution is -0.383. The first-order chi connectivity index (χ1) is 39.5. The van der Waals surface area contributed by atoms with E-state index in [1.165, 1.54) is 123 Å². The number of ether oxygens (including phenoxy) is 8. The summed E-state index contributed by atoms with van der Waals surface area (Å²) in [6, 6.07) is -2.27. The van der Waals surface area contributed by atoms with Crippen LogP contribution < -0.4 is 11.1 Å². The van der Waals surface area contributed by atoms with Gasteiger partial charge in [0.25, 0.3) is 0 Å². The number of allylic oxidation sites excluding steroid dienone is 1. The third kappa shape index (κ3) is 24.2. The molecule has 4 saturated heterocycles. The van der Waals surface area contributed by atoms with Crippen LogP contribution in [0, 0.1) is 0 Å². The Morgan fingerprint density at radius 2 is 0.988 bits per heavy atom. The summed E-state index contributed by atoms with van der Waals surface area (Å²) in [5.41, 5.74) is 6.95. The smallest absolute Gasteiger partial charge is 0.220 e. The molecular formula is C60H112N2O20. The zero-order valence-corrected chi connectivity index (χ0v) is 49.9. The quantitative estimate of drug-likeness (QED) is 0.0308. The lowest BCUT2D eigenvalue weighted by Crippen LogP contribution is -2.68. The molecule has 14 N–H and O–H groups in total. The zero-order chi connectivity index (χ0) is 60.0. The molecule has 22 nitrogen and oxygen atoms in total. The number of carbonyl (C=O) groups is 1. The summed E-state index contributed by atoms with van der Waals surface area (Å²) in [5, 5.41) is 122. The van der Waals surface area contributed by atoms with E-state index in [0.717, 1.165) is 44.9 Å². The number of unbranched alkanes of at least 4 members (excludes halogenated alkanes) is 23. The van der Waals surface area contributed by atoms with Crippen LogP contribution in [-0.4, -0.2) is 223 Å². The van der Waals surface area contributed by atoms with Crippen molar-refractivity contribution in [2.24, 2.45) is 5.73 Å². The van der Waals surface area contributed by atoms with Crippen LogP contribution >= 0.6 is 0 Å². The Bertz CT molecular complexity index is 1680. The third-order valence-corrected chi connectivity index (χ3v) is 16.8. The molecule has 0 aromatic rings. The zero-order valence-electron chi connectivity index (χ0n) is 49.9. The van der Waals surface area contributed by atoms with E-state index in [0.29, 0.717) is 6.42 Å². The Morgan fingerprint density at radius 3 is 1.54 bits per heavy atom. The summed E-state index contributed by atoms with van der Waals surface area (Å²) in [6.07, 6.45) is 3.33. The van der Waals surface area contributed by atoms with Crippen LogP contribution in [0.4, 0.5) is 0 Å². The highest BCUT2D eigenvalue weighted by atomic mass is 16.8. The molecule has 0 spiro atoms. The molecule has 4 fully saturated rings. The van der Waals surface area contributed by atoms with Crippen molar-refractivity contribution in [2.75, 3.05) is 26.4 Å². The minimum atomic E-state index is -1.89. The average molecular weight is 1180 g/mol. The number of nitrogens with one attached hydrogen (secondary N) is 1. The van der Waals surface area contributed by atoms with Gasteiger partial charge in [-0.25, -0.2) is 0 Å². The number of rotatable bonds is 42. The SMILES string of the molecule is CCCCCCCCCCCCC/C=C/C(O)C(CO[C@@H]1OC(CO)[C@H](O[C@@H]2OC(CO)[C@H](O)C(O)C2O[C@@H]2OC(C)[C@H](O)C(O)C2O)C(OCC[C@H]2OC(C)[C@@H](O)C(O)C2O)C1N)NC(=O)CCCCCCCCCCCCCCC. The fourth-order valence-corrected chi connectivity index (χ4v) is 11.3. The lowest BCUT2D eigenvalue weighted by atomic mass is 9.94. The van der Waals surface area contributed by atoms with Crippen LogP contribution in [0.2, 0.25) is 0 Å². The Balaban J connectivity index is 1.49. The van der Waals surface area contributed by atoms with Gasteiger partial charge in [-0.3, -0.25) is 4.79 Å². The molecule has 1 amide bonds. The summed E-state index contributed by atoms with van der Waals surface area (Å²) in [7, 11) is 0. The normalized spacial score (nSPS) is 35.3. The molecule has 4 rings (SSSR count). The standard InChI is InChI=1S/C60H112N2O20/c1-5-7-9-11-13-15-17-19-21-23-25-27-29-31-41(65)40(62-45(66)32-30-28-26-24-22-20-18-16-14-12-10-8-6-2)37-76-58-46(61)56(75-34-33-42-49(69)51(71)47(67)38(3)77-42)55(44(36-64)80-58)81-60-57(53(73)50(70)43(35-63)79-60)82-59-54(74)52(72)48(68)39(4)78-59/h29,31,38-44,46-60,63-65,67-74H,5-28,30,32-37,61H2,1-4H3,(H,62,66)/b31-29+/t38?,39?,40?,41?,42-,43?,44?,46?,47-,48+,49?,50+,51?,52?,53?,54?,55+,56?,57?,58-,59+,60+/m1/s1. The van der Waals surface area contributed by atoms with Gasteiger partial charge >= 0.3 is 0 Å². The highest BCUT2D eigenvalue weighted by Crippen LogP contribution is 2.35. The highest BCUT2D eigenvalue weighted by molar-refractivity contribution is 5.76. The fraction of sp³-hybridized carbons (Fsp3) is 0.950. The first-order valence-corrected chi connectivity index (χ1v) is 31.7. The molecule has 0 bridgehead atoms. The lowest BCUT2D eigenvalue weighted by Gasteiger charge is -2.49. The third-order valence-electron chi connectivity index (χ3n) is 16.8. The van der Waals surface area contributed by atoms with E-state index >= 15 is 0 Å². The van der Waals surface area contributed by atoms with Gasteiger partial charge in [-0.05, 0) is 39.5 Å². The van der Waals surface area contributed by atoms with Gasteiger partial charge < -0.3 is 105 Å². The Morgan fingerprint density at radius 1 is 0.512 bits per heavy atom. The summed E-state index contributed by atoms with van der Waals surface area (Å²) in [5.74, 6) is -0.269. The average Bonchev–Trinajstić information content (AvgIpc) is 3.46. The highest BCUT2D eigenvalue weighted by Gasteiger charge is 2.54. The number of aliphatic hydroxyl groups is 11. The van der Waals surface area contributed by atoms with E-state index in [1.54, 1.807) is 6.08 Å². The molecule has 0 aliphatic carbocycles. The molecule has 4 aliphatic rings. The molecule has 82 heavy (non-hydrogen) atoms. The van der Waals surface area contributed by atoms with Crippen LogP contribution in [0.15, 0.2) is 12.2 Å². The van der Waals surface area contributed by atoms with Crippen molar-refractivity contribution in [1.29, 1.82) is 0 Å². The van der Waals surface area contributed by atoms with Gasteiger partial charge in [-0.2, -0.15) is 0 Å². The molecule has 0 aromatic carbocycles.